The van der Waals surface area contributed by atoms with Crippen molar-refractivity contribution in [3.8, 4) is 0 Å². The van der Waals surface area contributed by atoms with E-state index in [1.165, 1.54) is 0 Å². The van der Waals surface area contributed by atoms with E-state index in [4.69, 9.17) is 5.73 Å². The molecule has 76 valence electrons. The lowest BCUT2D eigenvalue weighted by Gasteiger charge is -2.16. The molecule has 0 bridgehead atoms. The summed E-state index contributed by atoms with van der Waals surface area (Å²) in [5.41, 5.74) is 5.44. The summed E-state index contributed by atoms with van der Waals surface area (Å²) < 4.78 is 4.51. The topological polar surface area (TPSA) is 89.6 Å². The maximum absolute atomic E-state index is 10.6. The van der Waals surface area contributed by atoms with Crippen molar-refractivity contribution in [2.75, 3.05) is 6.61 Å². The minimum Gasteiger partial charge on any atom is -0.458 e. The average Bonchev–Trinajstić information content (AvgIpc) is 2.11. The lowest BCUT2D eigenvalue weighted by atomic mass is 10.1. The van der Waals surface area contributed by atoms with Crippen LogP contribution in [0.4, 0.5) is 0 Å². The van der Waals surface area contributed by atoms with Crippen LogP contribution in [-0.4, -0.2) is 35.6 Å². The van der Waals surface area contributed by atoms with Crippen molar-refractivity contribution in [3.05, 3.63) is 0 Å². The third-order valence-electron chi connectivity index (χ3n) is 1.61. The Bertz CT molecular complexity index is 193. The van der Waals surface area contributed by atoms with Gasteiger partial charge in [-0.3, -0.25) is 4.79 Å². The van der Waals surface area contributed by atoms with Crippen LogP contribution < -0.4 is 5.73 Å². The van der Waals surface area contributed by atoms with E-state index in [0.717, 1.165) is 6.92 Å². The summed E-state index contributed by atoms with van der Waals surface area (Å²) in [6, 6.07) is -0.631. The van der Waals surface area contributed by atoms with Crippen molar-refractivity contribution in [2.24, 2.45) is 5.73 Å². The fraction of sp³-hybridized carbons (Fsp3) is 0.750. The van der Waals surface area contributed by atoms with Crippen LogP contribution in [0.15, 0.2) is 0 Å². The first-order valence-corrected chi connectivity index (χ1v) is 4.10. The van der Waals surface area contributed by atoms with Crippen LogP contribution >= 0.6 is 0 Å². The molecule has 0 amide bonds. The largest absolute Gasteiger partial charge is 0.458 e. The molecule has 0 aromatic heterocycles. The van der Waals surface area contributed by atoms with E-state index in [2.05, 4.69) is 4.74 Å². The number of ether oxygens (including phenoxy) is 1. The molecule has 0 spiro atoms. The molecule has 2 atom stereocenters. The average molecular weight is 189 g/mol. The number of hydrogen-bond donors (Lipinski definition) is 2. The second-order valence-corrected chi connectivity index (χ2v) is 2.79. The highest BCUT2D eigenvalue weighted by atomic mass is 16.5. The highest BCUT2D eigenvalue weighted by Gasteiger charge is 2.16. The van der Waals surface area contributed by atoms with E-state index in [1.54, 1.807) is 6.92 Å². The summed E-state index contributed by atoms with van der Waals surface area (Å²) in [5, 5.41) is 9.18. The van der Waals surface area contributed by atoms with Gasteiger partial charge in [-0.05, 0) is 6.42 Å². The van der Waals surface area contributed by atoms with Gasteiger partial charge in [-0.15, -0.1) is 0 Å². The Morgan fingerprint density at radius 3 is 2.46 bits per heavy atom. The van der Waals surface area contributed by atoms with Gasteiger partial charge in [0.1, 0.15) is 6.61 Å². The Morgan fingerprint density at radius 1 is 1.54 bits per heavy atom. The van der Waals surface area contributed by atoms with Crippen molar-refractivity contribution in [3.63, 3.8) is 0 Å². The van der Waals surface area contributed by atoms with E-state index >= 15 is 0 Å². The van der Waals surface area contributed by atoms with Gasteiger partial charge in [-0.1, -0.05) is 6.92 Å². The van der Waals surface area contributed by atoms with Gasteiger partial charge in [0.25, 0.3) is 0 Å². The Balaban J connectivity index is 3.76. The minimum atomic E-state index is -0.918. The quantitative estimate of drug-likeness (QED) is 0.437. The molecule has 0 aliphatic heterocycles. The van der Waals surface area contributed by atoms with Gasteiger partial charge >= 0.3 is 5.97 Å². The van der Waals surface area contributed by atoms with E-state index in [1.807, 2.05) is 0 Å². The van der Waals surface area contributed by atoms with Gasteiger partial charge in [0, 0.05) is 6.92 Å². The second-order valence-electron chi connectivity index (χ2n) is 2.79. The van der Waals surface area contributed by atoms with E-state index in [-0.39, 0.29) is 6.61 Å². The molecule has 0 aliphatic carbocycles. The zero-order chi connectivity index (χ0) is 10.4. The number of rotatable bonds is 5. The molecule has 0 aliphatic rings. The first-order valence-electron chi connectivity index (χ1n) is 4.10. The highest BCUT2D eigenvalue weighted by Crippen LogP contribution is 1.96. The van der Waals surface area contributed by atoms with Crippen molar-refractivity contribution >= 4 is 11.8 Å². The monoisotopic (exact) mass is 189 g/mol. The molecule has 0 heterocycles. The zero-order valence-electron chi connectivity index (χ0n) is 7.82. The Labute approximate surface area is 76.9 Å². The molecule has 0 aromatic carbocycles. The molecule has 13 heavy (non-hydrogen) atoms. The number of ketones is 1. The number of carbonyl (C=O) groups excluding carboxylic acids is 2. The van der Waals surface area contributed by atoms with E-state index < -0.39 is 23.9 Å². The van der Waals surface area contributed by atoms with Crippen molar-refractivity contribution in [1.29, 1.82) is 0 Å². The van der Waals surface area contributed by atoms with Crippen LogP contribution in [0.3, 0.4) is 0 Å². The summed E-state index contributed by atoms with van der Waals surface area (Å²) in [5.74, 6) is -1.59. The second kappa shape index (κ2) is 5.66. The van der Waals surface area contributed by atoms with Crippen molar-refractivity contribution in [2.45, 2.75) is 32.4 Å². The number of hydrogen-bond acceptors (Lipinski definition) is 5. The van der Waals surface area contributed by atoms with Crippen molar-refractivity contribution < 1.29 is 19.4 Å². The molecule has 0 fully saturated rings. The SMILES string of the molecule is CC[C@H](O)C(N)COC(=O)C(C)=O. The molecule has 0 rings (SSSR count). The first-order chi connectivity index (χ1) is 5.99. The van der Waals surface area contributed by atoms with Crippen LogP contribution in [-0.2, 0) is 14.3 Å². The van der Waals surface area contributed by atoms with Gasteiger partial charge in [0.2, 0.25) is 5.78 Å². The number of esters is 1. The minimum absolute atomic E-state index is 0.132. The summed E-state index contributed by atoms with van der Waals surface area (Å²) >= 11 is 0. The summed E-state index contributed by atoms with van der Waals surface area (Å²) in [4.78, 5) is 21.1. The van der Waals surface area contributed by atoms with Gasteiger partial charge in [-0.25, -0.2) is 4.79 Å². The molecular formula is C8H15NO4. The summed E-state index contributed by atoms with van der Waals surface area (Å²) in [6.07, 6.45) is -0.224. The molecule has 3 N–H and O–H groups in total. The number of carbonyl (C=O) groups is 2. The predicted molar refractivity (Wildman–Crippen MR) is 45.9 cm³/mol. The number of nitrogens with two attached hydrogens (primary N) is 1. The maximum atomic E-state index is 10.6. The number of aliphatic hydroxyl groups excluding tert-OH is 1. The molecular weight excluding hydrogens is 174 g/mol. The van der Waals surface area contributed by atoms with Gasteiger partial charge in [0.05, 0.1) is 12.1 Å². The zero-order valence-corrected chi connectivity index (χ0v) is 7.82. The lowest BCUT2D eigenvalue weighted by Crippen LogP contribution is -2.39. The van der Waals surface area contributed by atoms with Crippen molar-refractivity contribution in [1.82, 2.24) is 0 Å². The fourth-order valence-electron chi connectivity index (χ4n) is 0.687. The molecule has 5 heteroatoms. The molecule has 5 nitrogen and oxygen atoms in total. The standard InChI is InChI=1S/C8H15NO4/c1-3-7(11)6(9)4-13-8(12)5(2)10/h6-7,11H,3-4,9H2,1-2H3/t6?,7-/m0/s1. The maximum Gasteiger partial charge on any atom is 0.374 e. The van der Waals surface area contributed by atoms with Crippen LogP contribution in [0.2, 0.25) is 0 Å². The smallest absolute Gasteiger partial charge is 0.374 e. The third kappa shape index (κ3) is 4.59. The normalized spacial score (nSPS) is 14.8. The predicted octanol–water partition coefficient (Wildman–Crippen LogP) is -0.783. The molecule has 0 saturated heterocycles. The molecule has 0 aromatic rings. The van der Waals surface area contributed by atoms with Crippen LogP contribution in [0.25, 0.3) is 0 Å². The first kappa shape index (κ1) is 12.1. The van der Waals surface area contributed by atoms with E-state index in [9.17, 15) is 14.7 Å². The Hall–Kier alpha value is -0.940. The van der Waals surface area contributed by atoms with E-state index in [0.29, 0.717) is 6.42 Å². The molecule has 1 unspecified atom stereocenters. The summed E-state index contributed by atoms with van der Waals surface area (Å²) in [7, 11) is 0. The van der Waals surface area contributed by atoms with Crippen LogP contribution in [0.5, 0.6) is 0 Å². The number of Topliss-reactive ketones (excluding diaryl/α,β-unsaturated/α-hetero) is 1. The highest BCUT2D eigenvalue weighted by molar-refractivity contribution is 6.32. The molecule has 0 radical (unpaired) electrons. The summed E-state index contributed by atoms with van der Waals surface area (Å²) in [6.45, 7) is 2.74. The van der Waals surface area contributed by atoms with Gasteiger partial charge < -0.3 is 15.6 Å². The lowest BCUT2D eigenvalue weighted by molar-refractivity contribution is -0.153. The third-order valence-corrected chi connectivity index (χ3v) is 1.61. The Kier molecular flexibility index (Phi) is 5.25. The number of aliphatic hydroxyl groups is 1. The fourth-order valence-corrected chi connectivity index (χ4v) is 0.687. The van der Waals surface area contributed by atoms with Gasteiger partial charge in [-0.2, -0.15) is 0 Å². The van der Waals surface area contributed by atoms with Crippen LogP contribution in [0.1, 0.15) is 20.3 Å². The van der Waals surface area contributed by atoms with Crippen LogP contribution in [0, 0.1) is 0 Å². The molecule has 0 saturated carbocycles. The Morgan fingerprint density at radius 2 is 2.08 bits per heavy atom. The van der Waals surface area contributed by atoms with Gasteiger partial charge in [0.15, 0.2) is 0 Å².